The van der Waals surface area contributed by atoms with E-state index in [2.05, 4.69) is 38.1 Å². The normalized spacial score (nSPS) is 14.9. The lowest BCUT2D eigenvalue weighted by Crippen LogP contribution is -2.32. The lowest BCUT2D eigenvalue weighted by atomic mass is 9.79. The number of benzene rings is 1. The Morgan fingerprint density at radius 1 is 1.27 bits per heavy atom. The van der Waals surface area contributed by atoms with Crippen molar-refractivity contribution < 1.29 is 5.11 Å². The highest BCUT2D eigenvalue weighted by atomic mass is 16.3. The number of aliphatic hydroxyl groups is 1. The first-order valence-electron chi connectivity index (χ1n) is 5.56. The van der Waals surface area contributed by atoms with Crippen LogP contribution in [-0.4, -0.2) is 18.3 Å². The highest BCUT2D eigenvalue weighted by molar-refractivity contribution is 5.29. The second-order valence-electron chi connectivity index (χ2n) is 4.29. The first-order chi connectivity index (χ1) is 7.16. The number of aliphatic hydroxyl groups excluding tert-OH is 1. The summed E-state index contributed by atoms with van der Waals surface area (Å²) in [4.78, 5) is 0. The van der Waals surface area contributed by atoms with Crippen molar-refractivity contribution in [2.24, 2.45) is 5.73 Å². The van der Waals surface area contributed by atoms with Crippen LogP contribution < -0.4 is 5.73 Å². The minimum atomic E-state index is -0.0962. The van der Waals surface area contributed by atoms with Crippen LogP contribution in [0, 0.1) is 0 Å². The highest BCUT2D eigenvalue weighted by Gasteiger charge is 2.23. The molecule has 1 atom stereocenters. The van der Waals surface area contributed by atoms with Gasteiger partial charge < -0.3 is 10.8 Å². The van der Waals surface area contributed by atoms with Gasteiger partial charge in [0.25, 0.3) is 0 Å². The van der Waals surface area contributed by atoms with E-state index in [1.165, 1.54) is 11.1 Å². The van der Waals surface area contributed by atoms with Crippen LogP contribution in [0.4, 0.5) is 0 Å². The molecular weight excluding hydrogens is 186 g/mol. The van der Waals surface area contributed by atoms with Crippen molar-refractivity contribution >= 4 is 0 Å². The average molecular weight is 207 g/mol. The monoisotopic (exact) mass is 207 g/mol. The van der Waals surface area contributed by atoms with Crippen LogP contribution in [0.25, 0.3) is 0 Å². The summed E-state index contributed by atoms with van der Waals surface area (Å²) < 4.78 is 0. The first kappa shape index (κ1) is 12.2. The molecule has 0 saturated heterocycles. The molecule has 3 N–H and O–H groups in total. The smallest absolute Gasteiger partial charge is 0.0439 e. The maximum absolute atomic E-state index is 9.04. The fourth-order valence-corrected chi connectivity index (χ4v) is 1.75. The van der Waals surface area contributed by atoms with Gasteiger partial charge in [0.2, 0.25) is 0 Å². The molecular formula is C13H21NO. The number of rotatable bonds is 5. The van der Waals surface area contributed by atoms with Crippen molar-refractivity contribution in [1.29, 1.82) is 0 Å². The zero-order valence-electron chi connectivity index (χ0n) is 9.66. The molecule has 84 valence electrons. The Kier molecular flexibility index (Phi) is 4.30. The molecule has 0 fully saturated rings. The van der Waals surface area contributed by atoms with E-state index in [9.17, 15) is 0 Å². The highest BCUT2D eigenvalue weighted by Crippen LogP contribution is 2.26. The minimum Gasteiger partial charge on any atom is -0.396 e. The molecule has 0 saturated carbocycles. The molecule has 0 spiro atoms. The summed E-state index contributed by atoms with van der Waals surface area (Å²) >= 11 is 0. The Morgan fingerprint density at radius 2 is 1.87 bits per heavy atom. The van der Waals surface area contributed by atoms with Gasteiger partial charge in [0, 0.05) is 18.6 Å². The molecule has 0 aliphatic heterocycles. The summed E-state index contributed by atoms with van der Waals surface area (Å²) in [6.45, 7) is 5.00. The van der Waals surface area contributed by atoms with Crippen LogP contribution in [0.3, 0.4) is 0 Å². The summed E-state index contributed by atoms with van der Waals surface area (Å²) in [7, 11) is 0. The quantitative estimate of drug-likeness (QED) is 0.774. The third kappa shape index (κ3) is 2.80. The summed E-state index contributed by atoms with van der Waals surface area (Å²) in [5, 5.41) is 9.04. The molecule has 0 amide bonds. The first-order valence-corrected chi connectivity index (χ1v) is 5.56. The standard InChI is InChI=1S/C13H21NO/c1-3-11-4-6-12(7-5-11)13(2,10-14)8-9-15/h4-7,15H,3,8-10,14H2,1-2H3. The average Bonchev–Trinajstić information content (AvgIpc) is 2.29. The molecule has 0 bridgehead atoms. The molecule has 0 aromatic heterocycles. The van der Waals surface area contributed by atoms with Crippen molar-refractivity contribution in [1.82, 2.24) is 0 Å². The van der Waals surface area contributed by atoms with Crippen molar-refractivity contribution in [3.63, 3.8) is 0 Å². The van der Waals surface area contributed by atoms with E-state index in [0.717, 1.165) is 12.8 Å². The molecule has 2 heteroatoms. The van der Waals surface area contributed by atoms with Crippen LogP contribution in [-0.2, 0) is 11.8 Å². The molecule has 1 rings (SSSR count). The Bertz CT molecular complexity index is 294. The lowest BCUT2D eigenvalue weighted by molar-refractivity contribution is 0.247. The molecule has 1 aromatic carbocycles. The largest absolute Gasteiger partial charge is 0.396 e. The van der Waals surface area contributed by atoms with Gasteiger partial charge >= 0.3 is 0 Å². The zero-order chi connectivity index (χ0) is 11.3. The molecule has 0 aliphatic rings. The number of hydrogen-bond donors (Lipinski definition) is 2. The van der Waals surface area contributed by atoms with E-state index in [0.29, 0.717) is 6.54 Å². The SMILES string of the molecule is CCc1ccc(C(C)(CN)CCO)cc1. The second-order valence-corrected chi connectivity index (χ2v) is 4.29. The Hall–Kier alpha value is -0.860. The Labute approximate surface area is 92.1 Å². The van der Waals surface area contributed by atoms with Gasteiger partial charge in [-0.15, -0.1) is 0 Å². The number of hydrogen-bond acceptors (Lipinski definition) is 2. The van der Waals surface area contributed by atoms with E-state index in [1.54, 1.807) is 0 Å². The Balaban J connectivity index is 2.92. The van der Waals surface area contributed by atoms with E-state index < -0.39 is 0 Å². The summed E-state index contributed by atoms with van der Waals surface area (Å²) in [6.07, 6.45) is 1.77. The van der Waals surface area contributed by atoms with Crippen molar-refractivity contribution in [2.45, 2.75) is 32.1 Å². The fourth-order valence-electron chi connectivity index (χ4n) is 1.75. The third-order valence-corrected chi connectivity index (χ3v) is 3.17. The summed E-state index contributed by atoms with van der Waals surface area (Å²) in [5.74, 6) is 0. The van der Waals surface area contributed by atoms with E-state index in [-0.39, 0.29) is 12.0 Å². The second kappa shape index (κ2) is 5.29. The van der Waals surface area contributed by atoms with Gasteiger partial charge in [0.05, 0.1) is 0 Å². The van der Waals surface area contributed by atoms with Crippen LogP contribution >= 0.6 is 0 Å². The van der Waals surface area contributed by atoms with Crippen LogP contribution in [0.2, 0.25) is 0 Å². The molecule has 0 heterocycles. The summed E-state index contributed by atoms with van der Waals surface area (Å²) in [5.41, 5.74) is 8.24. The molecule has 2 nitrogen and oxygen atoms in total. The molecule has 15 heavy (non-hydrogen) atoms. The van der Waals surface area contributed by atoms with Gasteiger partial charge in [-0.25, -0.2) is 0 Å². The van der Waals surface area contributed by atoms with Crippen molar-refractivity contribution in [2.75, 3.05) is 13.2 Å². The Morgan fingerprint density at radius 3 is 2.27 bits per heavy atom. The van der Waals surface area contributed by atoms with Crippen LogP contribution in [0.5, 0.6) is 0 Å². The van der Waals surface area contributed by atoms with Gasteiger partial charge in [-0.3, -0.25) is 0 Å². The van der Waals surface area contributed by atoms with Crippen LogP contribution in [0.1, 0.15) is 31.4 Å². The minimum absolute atomic E-state index is 0.0962. The van der Waals surface area contributed by atoms with Gasteiger partial charge in [-0.2, -0.15) is 0 Å². The fraction of sp³-hybridized carbons (Fsp3) is 0.538. The van der Waals surface area contributed by atoms with Crippen LogP contribution in [0.15, 0.2) is 24.3 Å². The van der Waals surface area contributed by atoms with Gasteiger partial charge in [-0.05, 0) is 24.0 Å². The lowest BCUT2D eigenvalue weighted by Gasteiger charge is -2.28. The van der Waals surface area contributed by atoms with Crippen molar-refractivity contribution in [3.05, 3.63) is 35.4 Å². The van der Waals surface area contributed by atoms with E-state index in [4.69, 9.17) is 10.8 Å². The predicted molar refractivity (Wildman–Crippen MR) is 63.9 cm³/mol. The summed E-state index contributed by atoms with van der Waals surface area (Å²) in [6, 6.07) is 8.53. The molecule has 0 aliphatic carbocycles. The predicted octanol–water partition coefficient (Wildman–Crippen LogP) is 1.85. The van der Waals surface area contributed by atoms with Gasteiger partial charge in [0.1, 0.15) is 0 Å². The topological polar surface area (TPSA) is 46.2 Å². The molecule has 1 aromatic rings. The zero-order valence-corrected chi connectivity index (χ0v) is 9.66. The third-order valence-electron chi connectivity index (χ3n) is 3.17. The maximum Gasteiger partial charge on any atom is 0.0439 e. The number of nitrogens with two attached hydrogens (primary N) is 1. The number of aryl methyl sites for hydroxylation is 1. The van der Waals surface area contributed by atoms with Gasteiger partial charge in [0.15, 0.2) is 0 Å². The van der Waals surface area contributed by atoms with E-state index >= 15 is 0 Å². The molecule has 0 radical (unpaired) electrons. The maximum atomic E-state index is 9.04. The van der Waals surface area contributed by atoms with E-state index in [1.807, 2.05) is 0 Å². The van der Waals surface area contributed by atoms with Gasteiger partial charge in [-0.1, -0.05) is 38.1 Å². The molecule has 1 unspecified atom stereocenters. The van der Waals surface area contributed by atoms with Crippen molar-refractivity contribution in [3.8, 4) is 0 Å².